The number of halogens is 1. The molecule has 1 aromatic rings. The highest BCUT2D eigenvalue weighted by Gasteiger charge is 2.38. The predicted octanol–water partition coefficient (Wildman–Crippen LogP) is 1.61. The van der Waals surface area contributed by atoms with Crippen molar-refractivity contribution in [2.75, 3.05) is 20.1 Å². The van der Waals surface area contributed by atoms with Crippen molar-refractivity contribution in [1.82, 2.24) is 9.62 Å². The number of hydrogen-bond acceptors (Lipinski definition) is 4. The molecule has 1 aromatic carbocycles. The topological polar surface area (TPSA) is 73.2 Å². The number of nitriles is 1. The minimum atomic E-state index is -3.80. The maximum atomic E-state index is 12.4. The van der Waals surface area contributed by atoms with Gasteiger partial charge in [-0.2, -0.15) is 9.98 Å². The molecule has 2 rings (SSSR count). The highest BCUT2D eigenvalue weighted by molar-refractivity contribution is 7.89. The zero-order valence-electron chi connectivity index (χ0n) is 11.1. The lowest BCUT2D eigenvalue weighted by Crippen LogP contribution is -2.53. The van der Waals surface area contributed by atoms with E-state index in [0.29, 0.717) is 25.9 Å². The van der Waals surface area contributed by atoms with Gasteiger partial charge in [0.25, 0.3) is 0 Å². The Morgan fingerprint density at radius 3 is 2.50 bits per heavy atom. The zero-order valence-corrected chi connectivity index (χ0v) is 12.7. The van der Waals surface area contributed by atoms with Gasteiger partial charge in [-0.1, -0.05) is 23.7 Å². The van der Waals surface area contributed by atoms with Crippen molar-refractivity contribution < 1.29 is 8.42 Å². The van der Waals surface area contributed by atoms with E-state index < -0.39 is 15.6 Å². The molecule has 0 bridgehead atoms. The van der Waals surface area contributed by atoms with Gasteiger partial charge < -0.3 is 4.90 Å². The summed E-state index contributed by atoms with van der Waals surface area (Å²) in [5, 5.41) is 9.53. The molecule has 0 radical (unpaired) electrons. The number of benzene rings is 1. The summed E-state index contributed by atoms with van der Waals surface area (Å²) < 4.78 is 27.3. The first-order valence-corrected chi connectivity index (χ1v) is 8.13. The van der Waals surface area contributed by atoms with Crippen molar-refractivity contribution in [3.05, 3.63) is 29.3 Å². The van der Waals surface area contributed by atoms with E-state index in [1.54, 1.807) is 12.1 Å². The molecule has 0 unspecified atom stereocenters. The molecule has 5 nitrogen and oxygen atoms in total. The van der Waals surface area contributed by atoms with E-state index in [9.17, 15) is 13.7 Å². The molecule has 20 heavy (non-hydrogen) atoms. The van der Waals surface area contributed by atoms with Crippen LogP contribution in [-0.2, 0) is 10.0 Å². The molecule has 1 heterocycles. The van der Waals surface area contributed by atoms with E-state index in [2.05, 4.69) is 15.7 Å². The lowest BCUT2D eigenvalue weighted by atomic mass is 9.91. The molecule has 1 aliphatic rings. The second-order valence-corrected chi connectivity index (χ2v) is 7.09. The van der Waals surface area contributed by atoms with E-state index in [1.807, 2.05) is 7.05 Å². The fraction of sp³-hybridized carbons (Fsp3) is 0.462. The highest BCUT2D eigenvalue weighted by Crippen LogP contribution is 2.26. The molecule has 1 N–H and O–H groups in total. The van der Waals surface area contributed by atoms with Crippen molar-refractivity contribution in [2.24, 2.45) is 0 Å². The van der Waals surface area contributed by atoms with Crippen molar-refractivity contribution >= 4 is 21.6 Å². The van der Waals surface area contributed by atoms with Crippen molar-refractivity contribution in [3.8, 4) is 6.07 Å². The summed E-state index contributed by atoms with van der Waals surface area (Å²) in [7, 11) is -1.85. The molecular formula is C13H16ClN3O2S. The second-order valence-electron chi connectivity index (χ2n) is 5.03. The van der Waals surface area contributed by atoms with Crippen molar-refractivity contribution in [2.45, 2.75) is 23.3 Å². The summed E-state index contributed by atoms with van der Waals surface area (Å²) in [6.07, 6.45) is 0.924. The minimum Gasteiger partial charge on any atom is -0.306 e. The molecule has 0 aromatic heterocycles. The standard InChI is InChI=1S/C13H16ClN3O2S/c1-17-8-6-13(10-15,7-9-17)16-20(18,19)12-5-3-2-4-11(12)14/h2-5,16H,6-9H2,1H3. The van der Waals surface area contributed by atoms with Gasteiger partial charge in [-0.3, -0.25) is 0 Å². The van der Waals surface area contributed by atoms with Crippen LogP contribution in [0.3, 0.4) is 0 Å². The van der Waals surface area contributed by atoms with Crippen LogP contribution in [0.1, 0.15) is 12.8 Å². The van der Waals surface area contributed by atoms with Crippen LogP contribution in [0.25, 0.3) is 0 Å². The largest absolute Gasteiger partial charge is 0.306 e. The van der Waals surface area contributed by atoms with Crippen LogP contribution >= 0.6 is 11.6 Å². The summed E-state index contributed by atoms with van der Waals surface area (Å²) in [5.41, 5.74) is -1.05. The molecule has 0 aliphatic carbocycles. The third kappa shape index (κ3) is 3.13. The molecule has 1 aliphatic heterocycles. The van der Waals surface area contributed by atoms with Gasteiger partial charge in [0.1, 0.15) is 10.4 Å². The fourth-order valence-corrected chi connectivity index (χ4v) is 4.11. The maximum absolute atomic E-state index is 12.4. The number of piperidine rings is 1. The first-order valence-electron chi connectivity index (χ1n) is 6.27. The van der Waals surface area contributed by atoms with Gasteiger partial charge in [-0.05, 0) is 32.0 Å². The lowest BCUT2D eigenvalue weighted by Gasteiger charge is -2.35. The molecule has 0 amide bonds. The Hall–Kier alpha value is -1.13. The SMILES string of the molecule is CN1CCC(C#N)(NS(=O)(=O)c2ccccc2Cl)CC1. The molecule has 108 valence electrons. The second kappa shape index (κ2) is 5.70. The van der Waals surface area contributed by atoms with Gasteiger partial charge in [0.05, 0.1) is 11.1 Å². The van der Waals surface area contributed by atoms with Crippen LogP contribution in [-0.4, -0.2) is 39.0 Å². The Labute approximate surface area is 124 Å². The lowest BCUT2D eigenvalue weighted by molar-refractivity contribution is 0.213. The molecule has 1 saturated heterocycles. The molecule has 0 saturated carbocycles. The molecule has 0 spiro atoms. The number of nitrogens with zero attached hydrogens (tertiary/aromatic N) is 2. The zero-order chi connectivity index (χ0) is 14.8. The smallest absolute Gasteiger partial charge is 0.243 e. The van der Waals surface area contributed by atoms with Gasteiger partial charge in [-0.25, -0.2) is 8.42 Å². The number of hydrogen-bond donors (Lipinski definition) is 1. The molecule has 7 heteroatoms. The average molecular weight is 314 g/mol. The van der Waals surface area contributed by atoms with Crippen LogP contribution < -0.4 is 4.72 Å². The van der Waals surface area contributed by atoms with Crippen LogP contribution in [0.2, 0.25) is 5.02 Å². The summed E-state index contributed by atoms with van der Waals surface area (Å²) >= 11 is 5.93. The monoisotopic (exact) mass is 313 g/mol. The van der Waals surface area contributed by atoms with Crippen LogP contribution in [0.4, 0.5) is 0 Å². The van der Waals surface area contributed by atoms with E-state index in [-0.39, 0.29) is 9.92 Å². The van der Waals surface area contributed by atoms with Crippen LogP contribution in [0, 0.1) is 11.3 Å². The summed E-state index contributed by atoms with van der Waals surface area (Å²) in [6.45, 7) is 1.36. The summed E-state index contributed by atoms with van der Waals surface area (Å²) in [5.74, 6) is 0. The normalized spacial score (nSPS) is 19.4. The number of rotatable bonds is 3. The van der Waals surface area contributed by atoms with Gasteiger partial charge in [0.2, 0.25) is 10.0 Å². The molecule has 1 fully saturated rings. The van der Waals surface area contributed by atoms with E-state index in [0.717, 1.165) is 0 Å². The maximum Gasteiger partial charge on any atom is 0.243 e. The molecular weight excluding hydrogens is 298 g/mol. The Balaban J connectivity index is 2.28. The first kappa shape index (κ1) is 15.3. The van der Waals surface area contributed by atoms with Crippen molar-refractivity contribution in [3.63, 3.8) is 0 Å². The summed E-state index contributed by atoms with van der Waals surface area (Å²) in [6, 6.07) is 8.35. The van der Waals surface area contributed by atoms with Gasteiger partial charge in [0, 0.05) is 13.1 Å². The van der Waals surface area contributed by atoms with Gasteiger partial charge in [-0.15, -0.1) is 0 Å². The number of sulfonamides is 1. The van der Waals surface area contributed by atoms with Gasteiger partial charge >= 0.3 is 0 Å². The van der Waals surface area contributed by atoms with Gasteiger partial charge in [0.15, 0.2) is 0 Å². The van der Waals surface area contributed by atoms with Crippen LogP contribution in [0.5, 0.6) is 0 Å². The highest BCUT2D eigenvalue weighted by atomic mass is 35.5. The van der Waals surface area contributed by atoms with Crippen LogP contribution in [0.15, 0.2) is 29.2 Å². The predicted molar refractivity (Wildman–Crippen MR) is 76.8 cm³/mol. The third-order valence-electron chi connectivity index (χ3n) is 3.51. The Kier molecular flexibility index (Phi) is 4.35. The fourth-order valence-electron chi connectivity index (χ4n) is 2.21. The summed E-state index contributed by atoms with van der Waals surface area (Å²) in [4.78, 5) is 2.08. The Morgan fingerprint density at radius 2 is 1.95 bits per heavy atom. The molecule has 0 atom stereocenters. The van der Waals surface area contributed by atoms with Crippen molar-refractivity contribution in [1.29, 1.82) is 5.26 Å². The minimum absolute atomic E-state index is 0.00946. The average Bonchev–Trinajstić information content (AvgIpc) is 2.42. The Morgan fingerprint density at radius 1 is 1.35 bits per heavy atom. The Bertz CT molecular complexity index is 631. The third-order valence-corrected chi connectivity index (χ3v) is 5.55. The first-order chi connectivity index (χ1) is 9.38. The number of likely N-dealkylation sites (tertiary alicyclic amines) is 1. The van der Waals surface area contributed by atoms with E-state index in [1.165, 1.54) is 12.1 Å². The van der Waals surface area contributed by atoms with E-state index in [4.69, 9.17) is 11.6 Å². The van der Waals surface area contributed by atoms with E-state index >= 15 is 0 Å². The number of nitrogens with one attached hydrogen (secondary N) is 1. The quantitative estimate of drug-likeness (QED) is 0.920.